The van der Waals surface area contributed by atoms with E-state index in [1.54, 1.807) is 12.1 Å². The third-order valence-electron chi connectivity index (χ3n) is 4.63. The molecule has 1 heterocycles. The highest BCUT2D eigenvalue weighted by Crippen LogP contribution is 2.30. The van der Waals surface area contributed by atoms with Gasteiger partial charge in [0.1, 0.15) is 18.0 Å². The summed E-state index contributed by atoms with van der Waals surface area (Å²) in [5.41, 5.74) is 6.24. The quantitative estimate of drug-likeness (QED) is 0.216. The van der Waals surface area contributed by atoms with E-state index in [0.717, 1.165) is 12.1 Å². The molecule has 34 heavy (non-hydrogen) atoms. The van der Waals surface area contributed by atoms with Gasteiger partial charge in [0, 0.05) is 30.1 Å². The number of nitrogens with one attached hydrogen (secondary N) is 4. The van der Waals surface area contributed by atoms with Crippen molar-refractivity contribution in [3.8, 4) is 0 Å². The highest BCUT2D eigenvalue weighted by atomic mass is 19.4. The summed E-state index contributed by atoms with van der Waals surface area (Å²) in [4.78, 5) is 20.2. The Labute approximate surface area is 192 Å². The molecule has 3 aromatic rings. The van der Waals surface area contributed by atoms with Crippen LogP contribution in [0.4, 0.5) is 41.0 Å². The molecule has 0 atom stereocenters. The Bertz CT molecular complexity index is 1170. The lowest BCUT2D eigenvalue weighted by Gasteiger charge is -2.14. The number of aliphatic hydroxyl groups excluding tert-OH is 1. The van der Waals surface area contributed by atoms with Crippen LogP contribution in [0.3, 0.4) is 0 Å². The first-order valence-electron chi connectivity index (χ1n) is 10.1. The summed E-state index contributed by atoms with van der Waals surface area (Å²) < 4.78 is 38.5. The Morgan fingerprint density at radius 3 is 2.44 bits per heavy atom. The molecule has 9 nitrogen and oxygen atoms in total. The van der Waals surface area contributed by atoms with Crippen LogP contribution >= 0.6 is 0 Å². The molecule has 0 spiro atoms. The summed E-state index contributed by atoms with van der Waals surface area (Å²) in [6.07, 6.45) is -2.76. The molecule has 1 aromatic heterocycles. The van der Waals surface area contributed by atoms with Crippen molar-refractivity contribution in [1.29, 1.82) is 5.41 Å². The number of nitrogen functional groups attached to an aromatic ring is 1. The normalized spacial score (nSPS) is 11.1. The van der Waals surface area contributed by atoms with Crippen LogP contribution in [0.25, 0.3) is 0 Å². The van der Waals surface area contributed by atoms with Gasteiger partial charge in [-0.15, -0.1) is 0 Å². The maximum atomic E-state index is 12.8. The second kappa shape index (κ2) is 10.6. The number of nitrogens with two attached hydrogens (primary N) is 1. The predicted molar refractivity (Wildman–Crippen MR) is 123 cm³/mol. The molecular weight excluding hydrogens is 451 g/mol. The van der Waals surface area contributed by atoms with Crippen LogP contribution in [0, 0.1) is 5.41 Å². The van der Waals surface area contributed by atoms with E-state index in [4.69, 9.17) is 16.2 Å². The van der Waals surface area contributed by atoms with Crippen molar-refractivity contribution >= 4 is 34.8 Å². The molecular formula is C22H22F3N7O2. The number of halogens is 3. The zero-order chi connectivity index (χ0) is 24.7. The number of nitrogens with zero attached hydrogens (tertiary/aromatic N) is 2. The number of urea groups is 1. The molecule has 2 aromatic carbocycles. The molecule has 0 fully saturated rings. The number of aliphatic hydroxyl groups is 1. The van der Waals surface area contributed by atoms with Crippen LogP contribution < -0.4 is 21.7 Å². The Balaban J connectivity index is 1.69. The lowest BCUT2D eigenvalue weighted by atomic mass is 10.0. The van der Waals surface area contributed by atoms with Crippen molar-refractivity contribution < 1.29 is 23.1 Å². The number of hydrogen-bond acceptors (Lipinski definition) is 7. The Hall–Kier alpha value is -4.19. The van der Waals surface area contributed by atoms with Crippen LogP contribution in [0.5, 0.6) is 0 Å². The molecule has 2 amide bonds. The van der Waals surface area contributed by atoms with Crippen LogP contribution in [0.2, 0.25) is 0 Å². The fourth-order valence-electron chi connectivity index (χ4n) is 3.00. The van der Waals surface area contributed by atoms with Crippen LogP contribution in [0.1, 0.15) is 23.1 Å². The molecule has 0 unspecified atom stereocenters. The Morgan fingerprint density at radius 1 is 1.06 bits per heavy atom. The molecule has 12 heteroatoms. The van der Waals surface area contributed by atoms with E-state index in [1.807, 2.05) is 0 Å². The molecule has 0 aliphatic rings. The Morgan fingerprint density at radius 2 is 1.76 bits per heavy atom. The highest BCUT2D eigenvalue weighted by Gasteiger charge is 2.30. The largest absolute Gasteiger partial charge is 0.416 e. The van der Waals surface area contributed by atoms with E-state index in [-0.39, 0.29) is 23.8 Å². The average Bonchev–Trinajstić information content (AvgIpc) is 2.79. The summed E-state index contributed by atoms with van der Waals surface area (Å²) in [6, 6.07) is 9.79. The number of aromatic nitrogens is 2. The van der Waals surface area contributed by atoms with Crippen molar-refractivity contribution in [3.63, 3.8) is 0 Å². The van der Waals surface area contributed by atoms with Gasteiger partial charge in [0.15, 0.2) is 0 Å². The van der Waals surface area contributed by atoms with Gasteiger partial charge in [-0.05, 0) is 36.8 Å². The number of amides is 2. The first-order chi connectivity index (χ1) is 16.2. The van der Waals surface area contributed by atoms with Gasteiger partial charge in [0.05, 0.1) is 16.8 Å². The number of rotatable bonds is 8. The molecule has 0 saturated carbocycles. The summed E-state index contributed by atoms with van der Waals surface area (Å²) in [7, 11) is 0. The van der Waals surface area contributed by atoms with Gasteiger partial charge in [-0.25, -0.2) is 14.8 Å². The van der Waals surface area contributed by atoms with E-state index < -0.39 is 17.8 Å². The van der Waals surface area contributed by atoms with Gasteiger partial charge >= 0.3 is 12.2 Å². The van der Waals surface area contributed by atoms with Crippen molar-refractivity contribution in [2.75, 3.05) is 34.8 Å². The lowest BCUT2D eigenvalue weighted by Crippen LogP contribution is -2.20. The zero-order valence-electron chi connectivity index (χ0n) is 17.8. The maximum Gasteiger partial charge on any atom is 0.416 e. The minimum atomic E-state index is -4.52. The lowest BCUT2D eigenvalue weighted by molar-refractivity contribution is -0.137. The molecule has 0 radical (unpaired) electrons. The van der Waals surface area contributed by atoms with E-state index in [9.17, 15) is 18.0 Å². The van der Waals surface area contributed by atoms with Gasteiger partial charge in [-0.3, -0.25) is 5.41 Å². The summed E-state index contributed by atoms with van der Waals surface area (Å²) in [5, 5.41) is 25.4. The van der Waals surface area contributed by atoms with Crippen molar-refractivity contribution in [3.05, 3.63) is 71.5 Å². The fourth-order valence-corrected chi connectivity index (χ4v) is 3.00. The minimum Gasteiger partial charge on any atom is -0.396 e. The number of anilines is 4. The second-order valence-corrected chi connectivity index (χ2v) is 7.10. The van der Waals surface area contributed by atoms with E-state index >= 15 is 0 Å². The fraction of sp³-hybridized carbons (Fsp3) is 0.182. The molecule has 7 N–H and O–H groups in total. The number of carbonyl (C=O) groups is 1. The average molecular weight is 473 g/mol. The monoisotopic (exact) mass is 473 g/mol. The van der Waals surface area contributed by atoms with Gasteiger partial charge in [-0.1, -0.05) is 18.2 Å². The minimum absolute atomic E-state index is 0.00382. The van der Waals surface area contributed by atoms with Gasteiger partial charge in [-0.2, -0.15) is 13.2 Å². The number of alkyl halides is 3. The van der Waals surface area contributed by atoms with E-state index in [2.05, 4.69) is 25.9 Å². The summed E-state index contributed by atoms with van der Waals surface area (Å²) in [5.74, 6) is 0.461. The van der Waals surface area contributed by atoms with Crippen LogP contribution in [0.15, 0.2) is 54.9 Å². The van der Waals surface area contributed by atoms with E-state index in [1.165, 1.54) is 30.6 Å². The first-order valence-corrected chi connectivity index (χ1v) is 10.1. The third-order valence-corrected chi connectivity index (χ3v) is 4.63. The van der Waals surface area contributed by atoms with E-state index in [0.29, 0.717) is 35.6 Å². The van der Waals surface area contributed by atoms with Gasteiger partial charge < -0.3 is 26.8 Å². The predicted octanol–water partition coefficient (Wildman–Crippen LogP) is 3.93. The third kappa shape index (κ3) is 6.19. The smallest absolute Gasteiger partial charge is 0.396 e. The highest BCUT2D eigenvalue weighted by molar-refractivity contribution is 6.16. The molecule has 0 saturated heterocycles. The van der Waals surface area contributed by atoms with Crippen molar-refractivity contribution in [2.24, 2.45) is 0 Å². The SMILES string of the molecule is N=C(c1ccc(NC(=O)Nc2cccc(C(F)(F)F)c2)cc1)c1c(N)ncnc1NCCCO. The number of benzene rings is 2. The van der Waals surface area contributed by atoms with Gasteiger partial charge in [0.2, 0.25) is 0 Å². The van der Waals surface area contributed by atoms with Crippen LogP contribution in [-0.4, -0.2) is 40.0 Å². The van der Waals surface area contributed by atoms with Crippen molar-refractivity contribution in [1.82, 2.24) is 9.97 Å². The zero-order valence-corrected chi connectivity index (χ0v) is 17.8. The molecule has 178 valence electrons. The summed E-state index contributed by atoms with van der Waals surface area (Å²) in [6.45, 7) is 0.424. The maximum absolute atomic E-state index is 12.8. The van der Waals surface area contributed by atoms with Crippen molar-refractivity contribution in [2.45, 2.75) is 12.6 Å². The van der Waals surface area contributed by atoms with Gasteiger partial charge in [0.25, 0.3) is 0 Å². The first kappa shape index (κ1) is 24.5. The molecule has 0 bridgehead atoms. The van der Waals surface area contributed by atoms with Crippen LogP contribution in [-0.2, 0) is 6.18 Å². The summed E-state index contributed by atoms with van der Waals surface area (Å²) >= 11 is 0. The molecule has 0 aliphatic carbocycles. The number of carbonyl (C=O) groups excluding carboxylic acids is 1. The second-order valence-electron chi connectivity index (χ2n) is 7.10. The topological polar surface area (TPSA) is 149 Å². The molecule has 3 rings (SSSR count). The standard InChI is InChI=1S/C22H22F3N7O2/c23-22(24,25)14-3-1-4-16(11-14)32-21(34)31-15-7-5-13(6-8-15)18(26)17-19(27)29-12-30-20(17)28-9-2-10-33/h1,3-8,11-12,26,33H,2,9-10H2,(H2,31,32,34)(H3,27,28,29,30). The Kier molecular flexibility index (Phi) is 7.64. The number of hydrogen-bond donors (Lipinski definition) is 6. The molecule has 0 aliphatic heterocycles.